The fourth-order valence-electron chi connectivity index (χ4n) is 16.1. The molecule has 0 aromatic carbocycles. The normalized spacial score (nSPS) is 32.8. The minimum absolute atomic E-state index is 0.123. The number of amides is 4. The molecule has 5 saturated heterocycles. The smallest absolute Gasteiger partial charge is 0.364 e. The van der Waals surface area contributed by atoms with Crippen molar-refractivity contribution in [2.45, 2.75) is 416 Å². The number of aliphatic hydroxyl groups excluding tert-OH is 17. The van der Waals surface area contributed by atoms with Gasteiger partial charge in [-0.25, -0.2) is 14.4 Å². The van der Waals surface area contributed by atoms with E-state index in [1.165, 1.54) is 102 Å². The number of ether oxygens (including phenoxy) is 10. The average Bonchev–Trinajstić information content (AvgIpc) is 0.748. The first-order chi connectivity index (χ1) is 58.0. The number of carboxylic acids is 3. The Kier molecular flexibility index (Phi) is 47.9. The number of carbonyl (C=O) groups is 7. The molecule has 5 heterocycles. The van der Waals surface area contributed by atoms with Crippen LogP contribution in [0.15, 0.2) is 12.2 Å². The van der Waals surface area contributed by atoms with Crippen molar-refractivity contribution >= 4 is 41.5 Å². The molecule has 0 radical (unpaired) electrons. The second-order valence-electron chi connectivity index (χ2n) is 32.9. The molecular weight excluding hydrogens is 1620 g/mol. The largest absolute Gasteiger partial charge is 0.477 e. The van der Waals surface area contributed by atoms with Gasteiger partial charge in [0.05, 0.1) is 88.2 Å². The number of unbranched alkanes of at least 4 members (excludes halogenated alkanes) is 25. The van der Waals surface area contributed by atoms with Crippen LogP contribution in [0.5, 0.6) is 0 Å². The molecular formula is C81H142N4O37. The van der Waals surface area contributed by atoms with E-state index in [0.717, 1.165) is 85.0 Å². The van der Waals surface area contributed by atoms with Crippen LogP contribution in [0.25, 0.3) is 0 Å². The summed E-state index contributed by atoms with van der Waals surface area (Å²) in [5, 5.41) is 235. The highest BCUT2D eigenvalue weighted by Gasteiger charge is 2.64. The number of aliphatic hydroxyl groups is 17. The van der Waals surface area contributed by atoms with E-state index in [2.05, 4.69) is 35.1 Å². The van der Waals surface area contributed by atoms with E-state index in [9.17, 15) is 136 Å². The Hall–Kier alpha value is -5.05. The van der Waals surface area contributed by atoms with Crippen LogP contribution in [0.3, 0.4) is 0 Å². The minimum Gasteiger partial charge on any atom is -0.477 e. The van der Waals surface area contributed by atoms with Crippen molar-refractivity contribution in [1.29, 1.82) is 0 Å². The number of carbonyl (C=O) groups excluding carboxylic acids is 4. The summed E-state index contributed by atoms with van der Waals surface area (Å²) in [6, 6.07) is -7.02. The molecule has 3 unspecified atom stereocenters. The molecule has 0 saturated carbocycles. The van der Waals surface area contributed by atoms with Gasteiger partial charge in [-0.1, -0.05) is 180 Å². The number of hydrogen-bond acceptors (Lipinski definition) is 34. The Morgan fingerprint density at radius 1 is 0.443 bits per heavy atom. The van der Waals surface area contributed by atoms with Crippen LogP contribution in [0, 0.1) is 0 Å². The Morgan fingerprint density at radius 2 is 0.820 bits per heavy atom. The van der Waals surface area contributed by atoms with Gasteiger partial charge in [-0.3, -0.25) is 19.2 Å². The van der Waals surface area contributed by atoms with Gasteiger partial charge < -0.3 is 171 Å². The zero-order chi connectivity index (χ0) is 90.6. The molecule has 41 heteroatoms. The van der Waals surface area contributed by atoms with Gasteiger partial charge in [-0.2, -0.15) is 0 Å². The third kappa shape index (κ3) is 31.7. The molecule has 0 bridgehead atoms. The first-order valence-corrected chi connectivity index (χ1v) is 43.3. The summed E-state index contributed by atoms with van der Waals surface area (Å²) in [7, 11) is 0. The molecule has 708 valence electrons. The first kappa shape index (κ1) is 107. The van der Waals surface area contributed by atoms with Crippen molar-refractivity contribution in [3.05, 3.63) is 12.2 Å². The van der Waals surface area contributed by atoms with Gasteiger partial charge >= 0.3 is 17.9 Å². The average molecular weight is 1760 g/mol. The van der Waals surface area contributed by atoms with E-state index in [4.69, 9.17) is 47.4 Å². The van der Waals surface area contributed by atoms with Gasteiger partial charge in [0.15, 0.2) is 12.6 Å². The van der Waals surface area contributed by atoms with Gasteiger partial charge in [0.25, 0.3) is 17.4 Å². The summed E-state index contributed by atoms with van der Waals surface area (Å²) in [6.45, 7) is -0.0846. The monoisotopic (exact) mass is 1760 g/mol. The predicted molar refractivity (Wildman–Crippen MR) is 424 cm³/mol. The molecule has 5 rings (SSSR count). The van der Waals surface area contributed by atoms with Crippen molar-refractivity contribution in [2.24, 2.45) is 0 Å². The van der Waals surface area contributed by atoms with Crippen LogP contribution in [-0.4, -0.2) is 366 Å². The number of hydrogen-bond donors (Lipinski definition) is 24. The van der Waals surface area contributed by atoms with Crippen LogP contribution in [0.1, 0.15) is 234 Å². The standard InChI is InChI=1S/C81H142N4O37/c1-6-8-10-12-14-16-18-20-21-23-25-27-29-31-33-35-58(99)85-48(49(94)34-32-30-28-26-24-22-19-17-15-13-11-9-7-2)44-113-74-67(105)66(104)69(57(43-90)115-74)116-75-68(106)73(63(101)54(40-87)114-75)122-81(78(111)112)38-52(97)61(84-47(5)93)72(121-81)65(103)56(42-89)118-80(77(109)110)37-51(96)60(83-46(4)92)71(120-80)64(102)55(41-88)117-79(76(107)108)36-50(95)59(82-45(3)91)70(119-79)62(100)53(98)39-86/h32,34,48-57,59-75,86-90,94-98,100-106H,6-31,33,35-44H2,1-5H3,(H,82,91)(H,83,92)(H,84,93)(H,85,99)(H,107,108)(H,109,110)(H,111,112)/b34-32+/t48-,49+,50-,51-,52-,53+,54+,55+,56+,57+,59+,60+,61+,62+,63-,64+,65+,66+,67+,68+,69+,70?,71?,72?,73-,74+,75-,79+,80+,81-/m0/s1. The lowest BCUT2D eigenvalue weighted by Gasteiger charge is -2.51. The topological polar surface area (TPSA) is 665 Å². The highest BCUT2D eigenvalue weighted by Crippen LogP contribution is 2.43. The predicted octanol–water partition coefficient (Wildman–Crippen LogP) is -2.49. The van der Waals surface area contributed by atoms with E-state index in [0.29, 0.717) is 12.8 Å². The number of allylic oxidation sites excluding steroid dienone is 1. The molecule has 24 N–H and O–H groups in total. The molecule has 4 amide bonds. The Labute approximate surface area is 711 Å². The van der Waals surface area contributed by atoms with Crippen molar-refractivity contribution in [3.63, 3.8) is 0 Å². The van der Waals surface area contributed by atoms with Crippen LogP contribution in [0.2, 0.25) is 0 Å². The SMILES string of the molecule is CCCCCCCCCCCCC/C=C/[C@@H](O)[C@H](CO[C@@H]1O[C@H](CO)[C@@H](O[C@@H]2O[C@H](CO)[C@H](O)[C@H](O[C@]3(C(=O)O)C[C@H](O)[C@@H](NC(C)=O)C([C@H](O)[C@@H](CO)O[C@]4(C(=O)O)C[C@H](O)[C@@H](NC(C)=O)C([C@H](O)[C@@H](CO)O[C@]5(C(=O)O)C[C@H](O)[C@@H](NC(C)=O)C([C@H](O)[C@H](O)CO)O5)O4)O3)[C@H]2O)[C@H](O)[C@H]1O)NC(=O)CCCCCCCCCCCCCCCCC. The summed E-state index contributed by atoms with van der Waals surface area (Å²) in [5.41, 5.74) is 0. The molecule has 0 spiro atoms. The quantitative estimate of drug-likeness (QED) is 0.0221. The molecule has 5 aliphatic heterocycles. The molecule has 5 fully saturated rings. The Balaban J connectivity index is 1.36. The number of rotatable bonds is 59. The van der Waals surface area contributed by atoms with E-state index < -0.39 is 283 Å². The highest BCUT2D eigenvalue weighted by molar-refractivity contribution is 5.79. The van der Waals surface area contributed by atoms with Gasteiger partial charge in [0.1, 0.15) is 104 Å². The highest BCUT2D eigenvalue weighted by atomic mass is 16.8. The van der Waals surface area contributed by atoms with Crippen LogP contribution in [0.4, 0.5) is 0 Å². The fraction of sp³-hybridized carbons (Fsp3) is 0.889. The van der Waals surface area contributed by atoms with Gasteiger partial charge in [0, 0.05) is 46.5 Å². The van der Waals surface area contributed by atoms with E-state index in [1.54, 1.807) is 6.08 Å². The van der Waals surface area contributed by atoms with Crippen LogP contribution >= 0.6 is 0 Å². The number of nitrogens with one attached hydrogen (secondary N) is 4. The minimum atomic E-state index is -3.57. The Bertz CT molecular complexity index is 3100. The maximum atomic E-state index is 13.8. The zero-order valence-corrected chi connectivity index (χ0v) is 70.8. The molecule has 0 aromatic rings. The van der Waals surface area contributed by atoms with E-state index in [1.807, 2.05) is 0 Å². The van der Waals surface area contributed by atoms with E-state index in [-0.39, 0.29) is 6.42 Å². The van der Waals surface area contributed by atoms with Crippen LogP contribution in [-0.2, 0) is 80.9 Å². The third-order valence-corrected chi connectivity index (χ3v) is 23.0. The molecule has 30 atom stereocenters. The zero-order valence-electron chi connectivity index (χ0n) is 70.8. The summed E-state index contributed by atoms with van der Waals surface area (Å²) >= 11 is 0. The second-order valence-corrected chi connectivity index (χ2v) is 32.9. The lowest BCUT2D eigenvalue weighted by atomic mass is 9.86. The number of aliphatic carboxylic acids is 3. The molecule has 41 nitrogen and oxygen atoms in total. The maximum absolute atomic E-state index is 13.8. The van der Waals surface area contributed by atoms with Crippen molar-refractivity contribution in [2.75, 3.05) is 39.6 Å². The maximum Gasteiger partial charge on any atom is 0.364 e. The second kappa shape index (κ2) is 54.3. The summed E-state index contributed by atoms with van der Waals surface area (Å²) in [4.78, 5) is 92.1. The third-order valence-electron chi connectivity index (χ3n) is 23.0. The lowest BCUT2D eigenvalue weighted by molar-refractivity contribution is -0.388. The summed E-state index contributed by atoms with van der Waals surface area (Å²) in [5.74, 6) is -20.6. The lowest BCUT2D eigenvalue weighted by Crippen LogP contribution is -2.72. The summed E-state index contributed by atoms with van der Waals surface area (Å²) < 4.78 is 58.2. The first-order valence-electron chi connectivity index (χ1n) is 43.3. The van der Waals surface area contributed by atoms with Crippen molar-refractivity contribution < 1.29 is 183 Å². The van der Waals surface area contributed by atoms with Crippen LogP contribution < -0.4 is 21.3 Å². The van der Waals surface area contributed by atoms with E-state index >= 15 is 0 Å². The fourth-order valence-corrected chi connectivity index (χ4v) is 16.1. The van der Waals surface area contributed by atoms with Gasteiger partial charge in [0.2, 0.25) is 23.6 Å². The van der Waals surface area contributed by atoms with Gasteiger partial charge in [-0.15, -0.1) is 0 Å². The summed E-state index contributed by atoms with van der Waals surface area (Å²) in [6.07, 6.45) is -22.5. The van der Waals surface area contributed by atoms with Gasteiger partial charge in [-0.05, 0) is 19.3 Å². The number of carboxylic acid groups (broad SMARTS) is 3. The molecule has 0 aliphatic carbocycles. The Morgan fingerprint density at radius 3 is 1.20 bits per heavy atom. The van der Waals surface area contributed by atoms with Crippen molar-refractivity contribution in [3.8, 4) is 0 Å². The van der Waals surface area contributed by atoms with Crippen molar-refractivity contribution in [1.82, 2.24) is 21.3 Å². The molecule has 122 heavy (non-hydrogen) atoms. The molecule has 5 aliphatic rings. The molecule has 0 aromatic heterocycles.